The molecule has 0 saturated carbocycles. The summed E-state index contributed by atoms with van der Waals surface area (Å²) in [5.74, 6) is -2.49. The molecular weight excluding hydrogens is 265 g/mol. The van der Waals surface area contributed by atoms with Gasteiger partial charge in [-0.3, -0.25) is 0 Å². The van der Waals surface area contributed by atoms with Gasteiger partial charge in [0.05, 0.1) is 0 Å². The first kappa shape index (κ1) is 15.1. The summed E-state index contributed by atoms with van der Waals surface area (Å²) in [5.41, 5.74) is 0. The van der Waals surface area contributed by atoms with Gasteiger partial charge in [-0.2, -0.15) is 0 Å². The van der Waals surface area contributed by atoms with Crippen LogP contribution in [0.5, 0.6) is 11.5 Å². The zero-order valence-electron chi connectivity index (χ0n) is 10.3. The van der Waals surface area contributed by atoms with Crippen LogP contribution < -0.4 is 9.47 Å². The van der Waals surface area contributed by atoms with E-state index < -0.39 is 30.1 Å². The minimum Gasteiger partial charge on any atom is -0.478 e. The predicted molar refractivity (Wildman–Crippen MR) is 60.0 cm³/mol. The van der Waals surface area contributed by atoms with Crippen LogP contribution in [0.4, 0.5) is 13.2 Å². The van der Waals surface area contributed by atoms with Crippen molar-refractivity contribution in [1.82, 2.24) is 0 Å². The Labute approximate surface area is 107 Å². The van der Waals surface area contributed by atoms with E-state index in [4.69, 9.17) is 9.84 Å². The topological polar surface area (TPSA) is 55.8 Å². The van der Waals surface area contributed by atoms with Crippen molar-refractivity contribution in [3.8, 4) is 11.5 Å². The fourth-order valence-electron chi connectivity index (χ4n) is 1.36. The minimum atomic E-state index is -4.87. The van der Waals surface area contributed by atoms with Gasteiger partial charge in [0.2, 0.25) is 0 Å². The maximum Gasteiger partial charge on any atom is 0.573 e. The molecule has 1 aromatic rings. The highest BCUT2D eigenvalue weighted by Gasteiger charge is 2.33. The van der Waals surface area contributed by atoms with Crippen LogP contribution in [0.2, 0.25) is 0 Å². The molecule has 0 aliphatic heterocycles. The fraction of sp³-hybridized carbons (Fsp3) is 0.417. The van der Waals surface area contributed by atoms with Gasteiger partial charge < -0.3 is 14.6 Å². The Balaban J connectivity index is 2.97. The monoisotopic (exact) mass is 278 g/mol. The van der Waals surface area contributed by atoms with Crippen LogP contribution in [0.3, 0.4) is 0 Å². The molecule has 1 unspecified atom stereocenters. The number of rotatable bonds is 5. The smallest absolute Gasteiger partial charge is 0.478 e. The van der Waals surface area contributed by atoms with Crippen molar-refractivity contribution in [2.45, 2.75) is 26.3 Å². The van der Waals surface area contributed by atoms with Crippen molar-refractivity contribution in [2.24, 2.45) is 5.92 Å². The number of halogens is 3. The van der Waals surface area contributed by atoms with Gasteiger partial charge in [-0.15, -0.1) is 13.2 Å². The van der Waals surface area contributed by atoms with E-state index in [0.29, 0.717) is 0 Å². The summed E-state index contributed by atoms with van der Waals surface area (Å²) in [4.78, 5) is 11.0. The lowest BCUT2D eigenvalue weighted by molar-refractivity contribution is -0.275. The van der Waals surface area contributed by atoms with E-state index in [1.54, 1.807) is 13.8 Å². The average molecular weight is 278 g/mol. The second-order valence-electron chi connectivity index (χ2n) is 4.12. The maximum atomic E-state index is 12.2. The maximum absolute atomic E-state index is 12.2. The van der Waals surface area contributed by atoms with Crippen LogP contribution in [-0.2, 0) is 4.79 Å². The van der Waals surface area contributed by atoms with Crippen LogP contribution >= 0.6 is 0 Å². The van der Waals surface area contributed by atoms with Crippen LogP contribution in [0, 0.1) is 5.92 Å². The van der Waals surface area contributed by atoms with E-state index in [1.807, 2.05) is 0 Å². The predicted octanol–water partition coefficient (Wildman–Crippen LogP) is 3.07. The number of carboxylic acids is 1. The molecule has 0 aromatic heterocycles. The highest BCUT2D eigenvalue weighted by Crippen LogP contribution is 2.33. The molecule has 0 spiro atoms. The molecule has 106 valence electrons. The number of hydrogen-bond donors (Lipinski definition) is 1. The Kier molecular flexibility index (Phi) is 4.63. The number of aliphatic carboxylic acids is 1. The van der Waals surface area contributed by atoms with E-state index in [-0.39, 0.29) is 5.75 Å². The van der Waals surface area contributed by atoms with Gasteiger partial charge in [-0.1, -0.05) is 26.0 Å². The zero-order chi connectivity index (χ0) is 14.6. The molecule has 0 saturated heterocycles. The lowest BCUT2D eigenvalue weighted by atomic mass is 10.1. The van der Waals surface area contributed by atoms with Gasteiger partial charge in [-0.25, -0.2) is 4.79 Å². The number of alkyl halides is 3. The third kappa shape index (κ3) is 4.69. The minimum absolute atomic E-state index is 0.263. The molecule has 0 amide bonds. The second-order valence-corrected chi connectivity index (χ2v) is 4.12. The Hall–Kier alpha value is -1.92. The van der Waals surface area contributed by atoms with E-state index in [9.17, 15) is 18.0 Å². The van der Waals surface area contributed by atoms with Crippen LogP contribution in [0.1, 0.15) is 13.8 Å². The van der Waals surface area contributed by atoms with Crippen LogP contribution in [-0.4, -0.2) is 23.5 Å². The highest BCUT2D eigenvalue weighted by molar-refractivity contribution is 5.73. The molecule has 1 rings (SSSR count). The molecule has 0 heterocycles. The molecule has 1 N–H and O–H groups in total. The number of carbonyl (C=O) groups is 1. The quantitative estimate of drug-likeness (QED) is 0.899. The third-order valence-corrected chi connectivity index (χ3v) is 2.18. The largest absolute Gasteiger partial charge is 0.573 e. The van der Waals surface area contributed by atoms with E-state index in [0.717, 1.165) is 6.07 Å². The summed E-state index contributed by atoms with van der Waals surface area (Å²) in [5, 5.41) is 8.94. The van der Waals surface area contributed by atoms with Crippen molar-refractivity contribution in [1.29, 1.82) is 0 Å². The highest BCUT2D eigenvalue weighted by atomic mass is 19.4. The molecular formula is C12H13F3O4. The van der Waals surface area contributed by atoms with Gasteiger partial charge in [0.15, 0.2) is 17.6 Å². The van der Waals surface area contributed by atoms with E-state index >= 15 is 0 Å². The van der Waals surface area contributed by atoms with Crippen molar-refractivity contribution in [3.05, 3.63) is 24.3 Å². The molecule has 1 aromatic carbocycles. The molecule has 0 aliphatic carbocycles. The van der Waals surface area contributed by atoms with E-state index in [1.165, 1.54) is 18.2 Å². The SMILES string of the molecule is CC(C)C(Oc1ccccc1OC(F)(F)F)C(=O)O. The van der Waals surface area contributed by atoms with Gasteiger partial charge >= 0.3 is 12.3 Å². The molecule has 0 aliphatic rings. The van der Waals surface area contributed by atoms with Crippen molar-refractivity contribution in [2.75, 3.05) is 0 Å². The van der Waals surface area contributed by atoms with Gasteiger partial charge in [0.1, 0.15) is 0 Å². The Morgan fingerprint density at radius 3 is 2.16 bits per heavy atom. The van der Waals surface area contributed by atoms with Crippen molar-refractivity contribution >= 4 is 5.97 Å². The molecule has 0 bridgehead atoms. The number of ether oxygens (including phenoxy) is 2. The van der Waals surface area contributed by atoms with Gasteiger partial charge in [-0.05, 0) is 12.1 Å². The molecule has 1 atom stereocenters. The van der Waals surface area contributed by atoms with Crippen molar-refractivity contribution < 1.29 is 32.5 Å². The van der Waals surface area contributed by atoms with Gasteiger partial charge in [0, 0.05) is 5.92 Å². The first-order valence-electron chi connectivity index (χ1n) is 5.45. The summed E-state index contributed by atoms with van der Waals surface area (Å²) < 4.78 is 45.4. The summed E-state index contributed by atoms with van der Waals surface area (Å²) in [6.07, 6.45) is -6.12. The van der Waals surface area contributed by atoms with Crippen LogP contribution in [0.15, 0.2) is 24.3 Å². The molecule has 19 heavy (non-hydrogen) atoms. The van der Waals surface area contributed by atoms with Crippen molar-refractivity contribution in [3.63, 3.8) is 0 Å². The van der Waals surface area contributed by atoms with Gasteiger partial charge in [0.25, 0.3) is 0 Å². The Bertz CT molecular complexity index is 443. The summed E-state index contributed by atoms with van der Waals surface area (Å²) in [6, 6.07) is 5.04. The number of hydrogen-bond acceptors (Lipinski definition) is 3. The summed E-state index contributed by atoms with van der Waals surface area (Å²) in [7, 11) is 0. The third-order valence-electron chi connectivity index (χ3n) is 2.18. The Morgan fingerprint density at radius 1 is 1.21 bits per heavy atom. The summed E-state index contributed by atoms with van der Waals surface area (Å²) >= 11 is 0. The lowest BCUT2D eigenvalue weighted by Crippen LogP contribution is -2.32. The number of carboxylic acid groups (broad SMARTS) is 1. The first-order valence-corrected chi connectivity index (χ1v) is 5.45. The van der Waals surface area contributed by atoms with E-state index in [2.05, 4.69) is 4.74 Å². The standard InChI is InChI=1S/C12H13F3O4/c1-7(2)10(11(16)17)18-8-5-3-4-6-9(8)19-12(13,14)15/h3-7,10H,1-2H3,(H,16,17). The average Bonchev–Trinajstić information content (AvgIpc) is 2.24. The lowest BCUT2D eigenvalue weighted by Gasteiger charge is -2.20. The Morgan fingerprint density at radius 2 is 1.74 bits per heavy atom. The fourth-order valence-corrected chi connectivity index (χ4v) is 1.36. The number of benzene rings is 1. The normalized spacial score (nSPS) is 13.2. The molecule has 0 radical (unpaired) electrons. The summed E-state index contributed by atoms with van der Waals surface area (Å²) in [6.45, 7) is 3.18. The second kappa shape index (κ2) is 5.81. The van der Waals surface area contributed by atoms with Crippen LogP contribution in [0.25, 0.3) is 0 Å². The molecule has 4 nitrogen and oxygen atoms in total. The molecule has 0 fully saturated rings. The zero-order valence-corrected chi connectivity index (χ0v) is 10.3. The number of para-hydroxylation sites is 2. The molecule has 7 heteroatoms. The first-order chi connectivity index (χ1) is 8.70.